The Morgan fingerprint density at radius 1 is 1.30 bits per heavy atom. The van der Waals surface area contributed by atoms with Gasteiger partial charge >= 0.3 is 6.18 Å². The number of hydrogen-bond acceptors (Lipinski definition) is 5. The number of rotatable bonds is 2. The lowest BCUT2D eigenvalue weighted by Gasteiger charge is -2.37. The smallest absolute Gasteiger partial charge is 0.353 e. The zero-order valence-electron chi connectivity index (χ0n) is 11.4. The van der Waals surface area contributed by atoms with E-state index >= 15 is 0 Å². The summed E-state index contributed by atoms with van der Waals surface area (Å²) in [5.41, 5.74) is 1.11. The number of anilines is 2. The Morgan fingerprint density at radius 2 is 2.00 bits per heavy atom. The number of nitrogens with zero attached hydrogens (tertiary/aromatic N) is 3. The summed E-state index contributed by atoms with van der Waals surface area (Å²) in [6.45, 7) is 4.74. The molecule has 112 valence electrons. The highest BCUT2D eigenvalue weighted by molar-refractivity contribution is 5.46. The Morgan fingerprint density at radius 3 is 2.60 bits per heavy atom. The third-order valence-corrected chi connectivity index (χ3v) is 3.54. The molecular weight excluding hydrogens is 271 g/mol. The van der Waals surface area contributed by atoms with Gasteiger partial charge in [-0.2, -0.15) is 18.2 Å². The molecule has 1 aliphatic rings. The molecule has 2 heterocycles. The average Bonchev–Trinajstić information content (AvgIpc) is 2.40. The molecule has 0 aliphatic carbocycles. The lowest BCUT2D eigenvalue weighted by Crippen LogP contribution is -2.42. The molecule has 0 spiro atoms. The van der Waals surface area contributed by atoms with Crippen LogP contribution in [0.1, 0.15) is 32.4 Å². The van der Waals surface area contributed by atoms with E-state index in [1.165, 1.54) is 0 Å². The molecule has 0 aromatic carbocycles. The van der Waals surface area contributed by atoms with Crippen LogP contribution in [0.3, 0.4) is 0 Å². The van der Waals surface area contributed by atoms with Crippen LogP contribution in [-0.4, -0.2) is 22.6 Å². The third kappa shape index (κ3) is 3.12. The van der Waals surface area contributed by atoms with Crippen molar-refractivity contribution < 1.29 is 13.2 Å². The minimum absolute atomic E-state index is 0.146. The van der Waals surface area contributed by atoms with Gasteiger partial charge in [0, 0.05) is 18.7 Å². The maximum absolute atomic E-state index is 12.8. The van der Waals surface area contributed by atoms with Gasteiger partial charge in [0.2, 0.25) is 5.95 Å². The predicted molar refractivity (Wildman–Crippen MR) is 70.1 cm³/mol. The first-order valence-corrected chi connectivity index (χ1v) is 6.50. The summed E-state index contributed by atoms with van der Waals surface area (Å²) in [5.74, 6) is 5.62. The highest BCUT2D eigenvalue weighted by Crippen LogP contribution is 2.32. The summed E-state index contributed by atoms with van der Waals surface area (Å²) in [7, 11) is 0. The monoisotopic (exact) mass is 289 g/mol. The Labute approximate surface area is 115 Å². The van der Waals surface area contributed by atoms with Crippen molar-refractivity contribution in [2.45, 2.75) is 38.9 Å². The number of nitrogens with two attached hydrogens (primary N) is 1. The lowest BCUT2D eigenvalue weighted by molar-refractivity contribution is -0.141. The van der Waals surface area contributed by atoms with Crippen LogP contribution in [-0.2, 0) is 6.18 Å². The molecule has 0 bridgehead atoms. The number of alkyl halides is 3. The van der Waals surface area contributed by atoms with Crippen molar-refractivity contribution in [1.29, 1.82) is 0 Å². The van der Waals surface area contributed by atoms with E-state index in [1.54, 1.807) is 0 Å². The quantitative estimate of drug-likeness (QED) is 0.646. The highest BCUT2D eigenvalue weighted by atomic mass is 19.4. The van der Waals surface area contributed by atoms with E-state index in [1.807, 2.05) is 11.8 Å². The van der Waals surface area contributed by atoms with E-state index in [9.17, 15) is 13.2 Å². The number of aromatic nitrogens is 2. The molecule has 1 fully saturated rings. The van der Waals surface area contributed by atoms with Gasteiger partial charge in [-0.1, -0.05) is 6.92 Å². The minimum Gasteiger partial charge on any atom is -0.353 e. The van der Waals surface area contributed by atoms with Gasteiger partial charge in [0.15, 0.2) is 5.69 Å². The van der Waals surface area contributed by atoms with Gasteiger partial charge in [0.05, 0.1) is 0 Å². The molecule has 8 heteroatoms. The van der Waals surface area contributed by atoms with E-state index in [2.05, 4.69) is 22.3 Å². The van der Waals surface area contributed by atoms with Gasteiger partial charge in [-0.25, -0.2) is 10.8 Å². The normalized spacial score (nSPS) is 23.8. The molecule has 1 aromatic rings. The largest absolute Gasteiger partial charge is 0.433 e. The number of piperidine rings is 1. The van der Waals surface area contributed by atoms with Crippen LogP contribution >= 0.6 is 0 Å². The Bertz CT molecular complexity index is 477. The second kappa shape index (κ2) is 5.43. The Hall–Kier alpha value is -1.57. The lowest BCUT2D eigenvalue weighted by atomic mass is 9.95. The van der Waals surface area contributed by atoms with Gasteiger partial charge in [0.25, 0.3) is 0 Å². The zero-order valence-corrected chi connectivity index (χ0v) is 11.4. The van der Waals surface area contributed by atoms with Crippen LogP contribution in [0.25, 0.3) is 0 Å². The molecule has 1 aromatic heterocycles. The molecule has 3 N–H and O–H groups in total. The summed E-state index contributed by atoms with van der Waals surface area (Å²) in [6.07, 6.45) is -2.53. The molecule has 0 amide bonds. The molecule has 2 rings (SSSR count). The fourth-order valence-corrected chi connectivity index (χ4v) is 2.40. The van der Waals surface area contributed by atoms with Crippen LogP contribution in [0.5, 0.6) is 0 Å². The Balaban J connectivity index is 2.39. The first-order valence-electron chi connectivity index (χ1n) is 6.50. The van der Waals surface area contributed by atoms with Crippen molar-refractivity contribution in [2.24, 2.45) is 11.8 Å². The maximum atomic E-state index is 12.8. The van der Waals surface area contributed by atoms with E-state index in [4.69, 9.17) is 5.84 Å². The summed E-state index contributed by atoms with van der Waals surface area (Å²) >= 11 is 0. The number of hydrogen-bond donors (Lipinski definition) is 2. The number of hydrazine groups is 1. The topological polar surface area (TPSA) is 67.1 Å². The van der Waals surface area contributed by atoms with E-state index < -0.39 is 11.9 Å². The molecule has 1 aliphatic heterocycles. The fourth-order valence-electron chi connectivity index (χ4n) is 2.40. The van der Waals surface area contributed by atoms with E-state index in [0.29, 0.717) is 12.5 Å². The predicted octanol–water partition coefficient (Wildman–Crippen LogP) is 2.41. The van der Waals surface area contributed by atoms with Crippen LogP contribution < -0.4 is 16.2 Å². The van der Waals surface area contributed by atoms with E-state index in [-0.39, 0.29) is 17.8 Å². The van der Waals surface area contributed by atoms with Gasteiger partial charge in [-0.05, 0) is 25.7 Å². The van der Waals surface area contributed by atoms with E-state index in [0.717, 1.165) is 18.9 Å². The molecule has 20 heavy (non-hydrogen) atoms. The standard InChI is InChI=1S/C12H18F3N5/c1-7-3-4-8(2)20(6-7)10-5-9(12(13,14)15)17-11(18-10)19-16/h5,7-8H,3-4,6,16H2,1-2H3,(H,17,18,19). The Kier molecular flexibility index (Phi) is 4.03. The first-order chi connectivity index (χ1) is 9.31. The summed E-state index contributed by atoms with van der Waals surface area (Å²) < 4.78 is 38.5. The minimum atomic E-state index is -4.52. The van der Waals surface area contributed by atoms with Crippen LogP contribution in [0, 0.1) is 5.92 Å². The van der Waals surface area contributed by atoms with Crippen molar-refractivity contribution in [3.05, 3.63) is 11.8 Å². The van der Waals surface area contributed by atoms with Crippen molar-refractivity contribution in [2.75, 3.05) is 16.9 Å². The van der Waals surface area contributed by atoms with Crippen LogP contribution in [0.4, 0.5) is 24.9 Å². The maximum Gasteiger partial charge on any atom is 0.433 e. The highest BCUT2D eigenvalue weighted by Gasteiger charge is 2.35. The molecule has 5 nitrogen and oxygen atoms in total. The van der Waals surface area contributed by atoms with Gasteiger partial charge < -0.3 is 4.90 Å². The fraction of sp³-hybridized carbons (Fsp3) is 0.667. The molecule has 1 saturated heterocycles. The second-order valence-electron chi connectivity index (χ2n) is 5.26. The van der Waals surface area contributed by atoms with Crippen molar-refractivity contribution >= 4 is 11.8 Å². The molecule has 2 atom stereocenters. The van der Waals surface area contributed by atoms with Gasteiger partial charge in [-0.15, -0.1) is 0 Å². The van der Waals surface area contributed by atoms with Gasteiger partial charge in [0.1, 0.15) is 5.82 Å². The molecule has 0 radical (unpaired) electrons. The van der Waals surface area contributed by atoms with Crippen molar-refractivity contribution in [3.8, 4) is 0 Å². The number of nitrogens with one attached hydrogen (secondary N) is 1. The summed E-state index contributed by atoms with van der Waals surface area (Å²) in [6, 6.07) is 1.13. The molecular formula is C12H18F3N5. The molecule has 0 saturated carbocycles. The van der Waals surface area contributed by atoms with Gasteiger partial charge in [-0.3, -0.25) is 5.43 Å². The van der Waals surface area contributed by atoms with Crippen LogP contribution in [0.2, 0.25) is 0 Å². The molecule has 2 unspecified atom stereocenters. The van der Waals surface area contributed by atoms with Crippen LogP contribution in [0.15, 0.2) is 6.07 Å². The van der Waals surface area contributed by atoms with Crippen molar-refractivity contribution in [1.82, 2.24) is 9.97 Å². The van der Waals surface area contributed by atoms with Crippen molar-refractivity contribution in [3.63, 3.8) is 0 Å². The second-order valence-corrected chi connectivity index (χ2v) is 5.26. The zero-order chi connectivity index (χ0) is 14.9. The average molecular weight is 289 g/mol. The summed E-state index contributed by atoms with van der Waals surface area (Å²) in [5, 5.41) is 0. The SMILES string of the molecule is CC1CCC(C)N(c2cc(C(F)(F)F)nc(NN)n2)C1. The third-order valence-electron chi connectivity index (χ3n) is 3.54. The number of halogens is 3. The number of nitrogen functional groups attached to an aromatic ring is 1. The summed E-state index contributed by atoms with van der Waals surface area (Å²) in [4.78, 5) is 9.30. The first kappa shape index (κ1) is 14.8.